The van der Waals surface area contributed by atoms with E-state index in [9.17, 15) is 14.0 Å². The molecule has 1 aromatic carbocycles. The first-order valence-electron chi connectivity index (χ1n) is 9.55. The topological polar surface area (TPSA) is 121 Å². The number of fused-ring (bicyclic) bond motifs is 1. The quantitative estimate of drug-likeness (QED) is 0.583. The molecular weight excluding hydrogens is 403 g/mol. The first-order valence-corrected chi connectivity index (χ1v) is 9.55. The number of hydrogen-bond acceptors (Lipinski definition) is 6. The molecule has 0 aliphatic heterocycles. The standard InChI is InChI=1S/C21H21FN6O3/c1-12-16(13(2)28-20(25-12)15(10-23)11-24-28)8-9-19(29)26-27-21(30)14(3)31-18-7-5-4-6-17(18)22/h4-7,11,14H,8-9H2,1-3H3,(H,26,29)(H,27,30). The van der Waals surface area contributed by atoms with Crippen LogP contribution in [0.3, 0.4) is 0 Å². The number of halogens is 1. The van der Waals surface area contributed by atoms with Gasteiger partial charge in [-0.05, 0) is 44.9 Å². The lowest BCUT2D eigenvalue weighted by molar-refractivity contribution is -0.132. The van der Waals surface area contributed by atoms with Gasteiger partial charge in [0.1, 0.15) is 11.6 Å². The number of carbonyl (C=O) groups is 2. The number of aromatic nitrogens is 3. The first kappa shape index (κ1) is 21.7. The molecule has 3 rings (SSSR count). The van der Waals surface area contributed by atoms with E-state index in [1.54, 1.807) is 17.5 Å². The van der Waals surface area contributed by atoms with E-state index in [0.29, 0.717) is 23.3 Å². The molecule has 31 heavy (non-hydrogen) atoms. The summed E-state index contributed by atoms with van der Waals surface area (Å²) in [6.45, 7) is 5.09. The summed E-state index contributed by atoms with van der Waals surface area (Å²) in [4.78, 5) is 28.7. The minimum absolute atomic E-state index is 0.0523. The van der Waals surface area contributed by atoms with Crippen LogP contribution in [0.1, 0.15) is 35.9 Å². The van der Waals surface area contributed by atoms with Crippen molar-refractivity contribution >= 4 is 17.5 Å². The molecule has 2 aromatic heterocycles. The second kappa shape index (κ2) is 9.21. The maximum absolute atomic E-state index is 13.6. The molecule has 0 aliphatic rings. The maximum atomic E-state index is 13.6. The van der Waals surface area contributed by atoms with E-state index in [1.807, 2.05) is 13.0 Å². The fraction of sp³-hybridized carbons (Fsp3) is 0.286. The summed E-state index contributed by atoms with van der Waals surface area (Å²) in [5.74, 6) is -1.67. The van der Waals surface area contributed by atoms with Crippen LogP contribution >= 0.6 is 0 Å². The third kappa shape index (κ3) is 4.78. The molecule has 10 heteroatoms. The van der Waals surface area contributed by atoms with Gasteiger partial charge in [0.15, 0.2) is 23.3 Å². The van der Waals surface area contributed by atoms with Gasteiger partial charge in [-0.25, -0.2) is 13.9 Å². The van der Waals surface area contributed by atoms with Crippen LogP contribution in [0, 0.1) is 31.0 Å². The Balaban J connectivity index is 1.55. The summed E-state index contributed by atoms with van der Waals surface area (Å²) < 4.78 is 20.5. The van der Waals surface area contributed by atoms with E-state index >= 15 is 0 Å². The molecule has 0 fully saturated rings. The number of rotatable bonds is 6. The van der Waals surface area contributed by atoms with Crippen molar-refractivity contribution in [2.45, 2.75) is 39.7 Å². The Morgan fingerprint density at radius 2 is 2.03 bits per heavy atom. The van der Waals surface area contributed by atoms with Crippen LogP contribution < -0.4 is 15.6 Å². The molecule has 2 N–H and O–H groups in total. The Bertz CT molecular complexity index is 1180. The third-order valence-electron chi connectivity index (χ3n) is 4.77. The summed E-state index contributed by atoms with van der Waals surface area (Å²) in [6, 6.07) is 7.78. The van der Waals surface area contributed by atoms with Crippen molar-refractivity contribution in [1.82, 2.24) is 25.4 Å². The predicted molar refractivity (Wildman–Crippen MR) is 108 cm³/mol. The summed E-state index contributed by atoms with van der Waals surface area (Å²) in [6.07, 6.45) is 0.892. The average molecular weight is 424 g/mol. The zero-order chi connectivity index (χ0) is 22.5. The SMILES string of the molecule is Cc1nc2c(C#N)cnn2c(C)c1CCC(=O)NNC(=O)C(C)Oc1ccccc1F. The predicted octanol–water partition coefficient (Wildman–Crippen LogP) is 1.90. The summed E-state index contributed by atoms with van der Waals surface area (Å²) in [5.41, 5.74) is 7.77. The van der Waals surface area contributed by atoms with Gasteiger partial charge in [0.2, 0.25) is 5.91 Å². The van der Waals surface area contributed by atoms with Gasteiger partial charge >= 0.3 is 0 Å². The molecule has 0 saturated carbocycles. The lowest BCUT2D eigenvalue weighted by atomic mass is 10.1. The second-order valence-corrected chi connectivity index (χ2v) is 6.89. The number of ether oxygens (including phenoxy) is 1. The molecule has 2 amide bonds. The number of nitrogens with zero attached hydrogens (tertiary/aromatic N) is 4. The highest BCUT2D eigenvalue weighted by molar-refractivity contribution is 5.84. The molecule has 160 valence electrons. The number of benzene rings is 1. The van der Waals surface area contributed by atoms with E-state index < -0.39 is 23.7 Å². The van der Waals surface area contributed by atoms with Crippen molar-refractivity contribution in [3.05, 3.63) is 58.8 Å². The van der Waals surface area contributed by atoms with Gasteiger partial charge in [0.05, 0.1) is 6.20 Å². The highest BCUT2D eigenvalue weighted by Crippen LogP contribution is 2.18. The van der Waals surface area contributed by atoms with Crippen molar-refractivity contribution in [3.8, 4) is 11.8 Å². The van der Waals surface area contributed by atoms with Crippen molar-refractivity contribution in [2.75, 3.05) is 0 Å². The Kier molecular flexibility index (Phi) is 6.45. The Hall–Kier alpha value is -4.00. The molecule has 0 saturated heterocycles. The molecule has 0 aliphatic carbocycles. The zero-order valence-electron chi connectivity index (χ0n) is 17.3. The fourth-order valence-electron chi connectivity index (χ4n) is 3.07. The maximum Gasteiger partial charge on any atom is 0.279 e. The highest BCUT2D eigenvalue weighted by Gasteiger charge is 2.18. The minimum Gasteiger partial charge on any atom is -0.478 e. The van der Waals surface area contributed by atoms with E-state index in [-0.39, 0.29) is 12.2 Å². The van der Waals surface area contributed by atoms with Crippen LogP contribution in [0.5, 0.6) is 5.75 Å². The third-order valence-corrected chi connectivity index (χ3v) is 4.77. The molecule has 2 heterocycles. The molecule has 0 radical (unpaired) electrons. The Morgan fingerprint density at radius 1 is 1.29 bits per heavy atom. The minimum atomic E-state index is -1.01. The lowest BCUT2D eigenvalue weighted by Crippen LogP contribution is -2.47. The van der Waals surface area contributed by atoms with Crippen LogP contribution in [0.4, 0.5) is 4.39 Å². The number of para-hydroxylation sites is 1. The first-order chi connectivity index (χ1) is 14.8. The largest absolute Gasteiger partial charge is 0.478 e. The number of amides is 2. The number of nitriles is 1. The molecular formula is C21H21FN6O3. The van der Waals surface area contributed by atoms with Crippen LogP contribution in [0.25, 0.3) is 5.65 Å². The summed E-state index contributed by atoms with van der Waals surface area (Å²) in [5, 5.41) is 13.3. The van der Waals surface area contributed by atoms with Crippen LogP contribution in [0.2, 0.25) is 0 Å². The molecule has 9 nitrogen and oxygen atoms in total. The number of hydrogen-bond donors (Lipinski definition) is 2. The molecule has 1 unspecified atom stereocenters. The summed E-state index contributed by atoms with van der Waals surface area (Å²) >= 11 is 0. The van der Waals surface area contributed by atoms with Crippen molar-refractivity contribution in [1.29, 1.82) is 5.26 Å². The van der Waals surface area contributed by atoms with Gasteiger partial charge in [0, 0.05) is 17.8 Å². The molecule has 1 atom stereocenters. The fourth-order valence-corrected chi connectivity index (χ4v) is 3.07. The van der Waals surface area contributed by atoms with Crippen LogP contribution in [0.15, 0.2) is 30.5 Å². The Morgan fingerprint density at radius 3 is 2.74 bits per heavy atom. The Labute approximate surface area is 177 Å². The highest BCUT2D eigenvalue weighted by atomic mass is 19.1. The van der Waals surface area contributed by atoms with E-state index in [0.717, 1.165) is 11.3 Å². The summed E-state index contributed by atoms with van der Waals surface area (Å²) in [7, 11) is 0. The van der Waals surface area contributed by atoms with E-state index in [4.69, 9.17) is 10.00 Å². The number of aryl methyl sites for hydroxylation is 2. The van der Waals surface area contributed by atoms with Gasteiger partial charge in [-0.15, -0.1) is 0 Å². The molecule has 3 aromatic rings. The van der Waals surface area contributed by atoms with Crippen molar-refractivity contribution in [2.24, 2.45) is 0 Å². The monoisotopic (exact) mass is 424 g/mol. The smallest absolute Gasteiger partial charge is 0.279 e. The van der Waals surface area contributed by atoms with Gasteiger partial charge in [0.25, 0.3) is 5.91 Å². The number of carbonyl (C=O) groups excluding carboxylic acids is 2. The van der Waals surface area contributed by atoms with Crippen LogP contribution in [-0.4, -0.2) is 32.5 Å². The number of nitrogens with one attached hydrogen (secondary N) is 2. The van der Waals surface area contributed by atoms with Gasteiger partial charge in [-0.2, -0.15) is 10.4 Å². The normalized spacial score (nSPS) is 11.6. The molecule has 0 spiro atoms. The van der Waals surface area contributed by atoms with Gasteiger partial charge in [-0.3, -0.25) is 20.4 Å². The van der Waals surface area contributed by atoms with Gasteiger partial charge < -0.3 is 4.74 Å². The zero-order valence-corrected chi connectivity index (χ0v) is 17.3. The van der Waals surface area contributed by atoms with Gasteiger partial charge in [-0.1, -0.05) is 12.1 Å². The second-order valence-electron chi connectivity index (χ2n) is 6.89. The van der Waals surface area contributed by atoms with E-state index in [2.05, 4.69) is 20.9 Å². The van der Waals surface area contributed by atoms with Crippen molar-refractivity contribution in [3.63, 3.8) is 0 Å². The number of hydrazine groups is 1. The van der Waals surface area contributed by atoms with Crippen LogP contribution in [-0.2, 0) is 16.0 Å². The lowest BCUT2D eigenvalue weighted by Gasteiger charge is -2.16. The van der Waals surface area contributed by atoms with E-state index in [1.165, 1.54) is 31.3 Å². The molecule has 0 bridgehead atoms. The van der Waals surface area contributed by atoms with Crippen molar-refractivity contribution < 1.29 is 18.7 Å². The average Bonchev–Trinajstić information content (AvgIpc) is 3.16.